The van der Waals surface area contributed by atoms with Crippen LogP contribution in [0, 0.1) is 12.3 Å². The van der Waals surface area contributed by atoms with E-state index in [1.165, 1.54) is 17.6 Å². The van der Waals surface area contributed by atoms with Gasteiger partial charge in [0.15, 0.2) is 6.29 Å². The molecule has 0 bridgehead atoms. The predicted octanol–water partition coefficient (Wildman–Crippen LogP) is 5.83. The first-order chi connectivity index (χ1) is 14.2. The molecule has 0 aromatic heterocycles. The van der Waals surface area contributed by atoms with Crippen LogP contribution in [-0.2, 0) is 6.42 Å². The van der Waals surface area contributed by atoms with Crippen molar-refractivity contribution < 1.29 is 6.22 Å². The van der Waals surface area contributed by atoms with Crippen molar-refractivity contribution in [3.05, 3.63) is 83.0 Å². The zero-order valence-electron chi connectivity index (χ0n) is 18.2. The third kappa shape index (κ3) is 5.56. The van der Waals surface area contributed by atoms with Gasteiger partial charge in [0.05, 0.1) is 0 Å². The highest BCUT2D eigenvalue weighted by atomic mass is 16.1. The van der Waals surface area contributed by atoms with E-state index in [9.17, 15) is 4.79 Å². The standard InChI is InChI=1S/C27H29NO.H/c1-3-17-28(20-23-10-7-5-6-8-11-23)18-9-12-22-13-16-26-25(19-22)15-14-24(4-2)27(26)21-29;/h2,5-8,10,13-16,19,21H,3,9,11-12,17-18,20H2,1H3;. The van der Waals surface area contributed by atoms with Crippen molar-refractivity contribution in [3.63, 3.8) is 0 Å². The summed E-state index contributed by atoms with van der Waals surface area (Å²) in [6.07, 6.45) is 21.6. The van der Waals surface area contributed by atoms with Gasteiger partial charge >= 0.3 is 0 Å². The highest BCUT2D eigenvalue weighted by Gasteiger charge is 2.09. The number of rotatable bonds is 9. The molecule has 2 aromatic carbocycles. The number of carbonyl (C=O) groups is 1. The average molecular weight is 385 g/mol. The molecule has 0 spiro atoms. The fourth-order valence-corrected chi connectivity index (χ4v) is 3.93. The summed E-state index contributed by atoms with van der Waals surface area (Å²) in [6, 6.07) is 10.2. The van der Waals surface area contributed by atoms with Gasteiger partial charge in [0.2, 0.25) is 0 Å². The third-order valence-electron chi connectivity index (χ3n) is 5.38. The number of benzene rings is 2. The Morgan fingerprint density at radius 3 is 2.86 bits per heavy atom. The summed E-state index contributed by atoms with van der Waals surface area (Å²) in [5.41, 5.74) is 4.05. The number of allylic oxidation sites excluding steroid dienone is 5. The van der Waals surface area contributed by atoms with E-state index in [0.717, 1.165) is 56.0 Å². The molecule has 0 atom stereocenters. The molecule has 0 aliphatic heterocycles. The Hall–Kier alpha value is -2.89. The minimum absolute atomic E-state index is 0. The van der Waals surface area contributed by atoms with Crippen LogP contribution in [0.1, 0.15) is 49.1 Å². The van der Waals surface area contributed by atoms with Crippen molar-refractivity contribution in [3.8, 4) is 12.3 Å². The van der Waals surface area contributed by atoms with Crippen LogP contribution in [0.25, 0.3) is 10.8 Å². The lowest BCUT2D eigenvalue weighted by atomic mass is 9.97. The van der Waals surface area contributed by atoms with Gasteiger partial charge in [-0.25, -0.2) is 0 Å². The maximum Gasteiger partial charge on any atom is 0.151 e. The molecule has 0 saturated heterocycles. The molecule has 1 aliphatic rings. The molecule has 0 fully saturated rings. The summed E-state index contributed by atoms with van der Waals surface area (Å²) in [5, 5.41) is 2.02. The summed E-state index contributed by atoms with van der Waals surface area (Å²) in [6.45, 7) is 5.50. The van der Waals surface area contributed by atoms with E-state index >= 15 is 0 Å². The van der Waals surface area contributed by atoms with Crippen LogP contribution in [0.5, 0.6) is 0 Å². The van der Waals surface area contributed by atoms with Gasteiger partial charge in [-0.2, -0.15) is 0 Å². The second-order valence-corrected chi connectivity index (χ2v) is 7.57. The van der Waals surface area contributed by atoms with Gasteiger partial charge in [-0.15, -0.1) is 6.42 Å². The molecule has 29 heavy (non-hydrogen) atoms. The van der Waals surface area contributed by atoms with Crippen molar-refractivity contribution in [2.24, 2.45) is 0 Å². The van der Waals surface area contributed by atoms with Crippen LogP contribution in [-0.4, -0.2) is 30.8 Å². The van der Waals surface area contributed by atoms with Crippen molar-refractivity contribution in [1.82, 2.24) is 4.90 Å². The first-order valence-corrected chi connectivity index (χ1v) is 10.5. The van der Waals surface area contributed by atoms with E-state index < -0.39 is 0 Å². The Morgan fingerprint density at radius 1 is 1.17 bits per heavy atom. The highest BCUT2D eigenvalue weighted by Crippen LogP contribution is 2.23. The number of hydrogen-bond acceptors (Lipinski definition) is 2. The smallest absolute Gasteiger partial charge is 0.151 e. The molecule has 0 N–H and O–H groups in total. The number of nitrogens with zero attached hydrogens (tertiary/aromatic N) is 1. The maximum absolute atomic E-state index is 11.5. The number of hydrogen-bond donors (Lipinski definition) is 0. The molecule has 1 radical (unpaired) electrons. The lowest BCUT2D eigenvalue weighted by Crippen LogP contribution is -2.28. The number of aryl methyl sites for hydroxylation is 1. The molecule has 0 amide bonds. The molecular formula is C27H30NO. The fraction of sp³-hybridized carbons (Fsp3) is 0.296. The van der Waals surface area contributed by atoms with E-state index in [4.69, 9.17) is 6.42 Å². The Morgan fingerprint density at radius 2 is 2.07 bits per heavy atom. The van der Waals surface area contributed by atoms with Crippen molar-refractivity contribution in [2.45, 2.75) is 32.6 Å². The van der Waals surface area contributed by atoms with Crippen LogP contribution in [0.4, 0.5) is 0 Å². The van der Waals surface area contributed by atoms with Gasteiger partial charge in [-0.1, -0.05) is 73.1 Å². The Labute approximate surface area is 176 Å². The third-order valence-corrected chi connectivity index (χ3v) is 5.38. The summed E-state index contributed by atoms with van der Waals surface area (Å²) < 4.78 is 0. The first kappa shape index (κ1) is 20.8. The minimum atomic E-state index is 0. The second kappa shape index (κ2) is 10.6. The molecule has 0 unspecified atom stereocenters. The van der Waals surface area contributed by atoms with Crippen LogP contribution < -0.4 is 0 Å². The number of terminal acetylenes is 1. The molecule has 3 rings (SSSR count). The lowest BCUT2D eigenvalue weighted by Gasteiger charge is -2.23. The summed E-state index contributed by atoms with van der Waals surface area (Å²) in [5.74, 6) is 2.60. The van der Waals surface area contributed by atoms with E-state index in [0.29, 0.717) is 11.1 Å². The van der Waals surface area contributed by atoms with Crippen molar-refractivity contribution in [2.75, 3.05) is 19.6 Å². The average Bonchev–Trinajstić information content (AvgIpc) is 3.01. The zero-order chi connectivity index (χ0) is 20.5. The molecule has 2 heteroatoms. The topological polar surface area (TPSA) is 20.3 Å². The van der Waals surface area contributed by atoms with E-state index in [2.05, 4.69) is 60.3 Å². The zero-order valence-corrected chi connectivity index (χ0v) is 17.2. The minimum Gasteiger partial charge on any atom is -0.299 e. The van der Waals surface area contributed by atoms with Crippen LogP contribution in [0.15, 0.2) is 66.3 Å². The highest BCUT2D eigenvalue weighted by molar-refractivity contribution is 6.00. The monoisotopic (exact) mass is 384 g/mol. The summed E-state index contributed by atoms with van der Waals surface area (Å²) in [7, 11) is 0. The molecular weight excluding hydrogens is 354 g/mol. The van der Waals surface area contributed by atoms with Gasteiger partial charge < -0.3 is 0 Å². The van der Waals surface area contributed by atoms with Crippen LogP contribution >= 0.6 is 0 Å². The molecule has 2 aromatic rings. The normalized spacial score (nSPS) is 13.3. The van der Waals surface area contributed by atoms with Gasteiger partial charge in [-0.05, 0) is 61.2 Å². The second-order valence-electron chi connectivity index (χ2n) is 7.57. The molecule has 0 saturated carbocycles. The van der Waals surface area contributed by atoms with E-state index in [1.807, 2.05) is 18.2 Å². The first-order valence-electron chi connectivity index (χ1n) is 10.5. The quantitative estimate of drug-likeness (QED) is 0.400. The predicted molar refractivity (Wildman–Crippen MR) is 124 cm³/mol. The molecule has 149 valence electrons. The Bertz CT molecular complexity index is 994. The van der Waals surface area contributed by atoms with Gasteiger partial charge in [0.25, 0.3) is 0 Å². The molecule has 2 nitrogen and oxygen atoms in total. The number of fused-ring (bicyclic) bond motifs is 1. The van der Waals surface area contributed by atoms with E-state index in [1.54, 1.807) is 0 Å². The van der Waals surface area contributed by atoms with E-state index in [-0.39, 0.29) is 1.43 Å². The fourth-order valence-electron chi connectivity index (χ4n) is 3.93. The SMILES string of the molecule is C#Cc1ccc2cc(CCCN(CCC)CC3=CC=CC=CC3)ccc2c1C=O.[H]. The summed E-state index contributed by atoms with van der Waals surface area (Å²) >= 11 is 0. The maximum atomic E-state index is 11.5. The lowest BCUT2D eigenvalue weighted by molar-refractivity contribution is 0.112. The number of carbonyl (C=O) groups excluding carboxylic acids is 1. The Kier molecular flexibility index (Phi) is 7.61. The van der Waals surface area contributed by atoms with Crippen molar-refractivity contribution in [1.29, 1.82) is 0 Å². The molecule has 0 heterocycles. The van der Waals surface area contributed by atoms with Crippen molar-refractivity contribution >= 4 is 17.1 Å². The summed E-state index contributed by atoms with van der Waals surface area (Å²) in [4.78, 5) is 14.0. The van der Waals surface area contributed by atoms with Crippen LogP contribution in [0.2, 0.25) is 0 Å². The number of aldehydes is 1. The van der Waals surface area contributed by atoms with Gasteiger partial charge in [-0.3, -0.25) is 9.69 Å². The largest absolute Gasteiger partial charge is 0.299 e. The van der Waals surface area contributed by atoms with Crippen LogP contribution in [0.3, 0.4) is 0 Å². The van der Waals surface area contributed by atoms with Gasteiger partial charge in [0.1, 0.15) is 0 Å². The molecule has 1 aliphatic carbocycles. The Balaban J connectivity index is 0.00000320. The van der Waals surface area contributed by atoms with Gasteiger partial charge in [0, 0.05) is 19.1 Å².